The van der Waals surface area contributed by atoms with E-state index in [0.717, 1.165) is 11.4 Å². The van der Waals surface area contributed by atoms with Gasteiger partial charge >= 0.3 is 0 Å². The highest BCUT2D eigenvalue weighted by atomic mass is 35.5. The molecule has 3 aromatic rings. The van der Waals surface area contributed by atoms with Crippen molar-refractivity contribution in [2.75, 3.05) is 6.61 Å². The summed E-state index contributed by atoms with van der Waals surface area (Å²) in [5, 5.41) is 8.39. The van der Waals surface area contributed by atoms with E-state index < -0.39 is 0 Å². The molecule has 0 aliphatic rings. The van der Waals surface area contributed by atoms with Crippen LogP contribution >= 0.6 is 11.6 Å². The first-order valence-electron chi connectivity index (χ1n) is 6.77. The van der Waals surface area contributed by atoms with E-state index in [1.54, 1.807) is 18.2 Å². The van der Waals surface area contributed by atoms with Crippen LogP contribution in [0.5, 0.6) is 0 Å². The highest BCUT2D eigenvalue weighted by Crippen LogP contribution is 2.17. The molecule has 0 radical (unpaired) electrons. The molecule has 0 fully saturated rings. The van der Waals surface area contributed by atoms with Crippen molar-refractivity contribution >= 4 is 28.4 Å². The lowest BCUT2D eigenvalue weighted by molar-refractivity contribution is 0.0630. The van der Waals surface area contributed by atoms with Gasteiger partial charge in [0.05, 0.1) is 0 Å². The number of Topliss-reactive ketones (excluding diaryl/α,β-unsaturated/α-hetero) is 1. The number of ketones is 1. The molecule has 0 aliphatic carbocycles. The maximum absolute atomic E-state index is 12.3. The normalized spacial score (nSPS) is 11.1. The molecule has 2 heterocycles. The lowest BCUT2D eigenvalue weighted by Crippen LogP contribution is -2.21. The Hall–Kier alpha value is -2.34. The molecule has 0 atom stereocenters. The Bertz CT molecular complexity index is 866. The Morgan fingerprint density at radius 3 is 2.77 bits per heavy atom. The smallest absolute Gasteiger partial charge is 0.204 e. The molecule has 0 amide bonds. The van der Waals surface area contributed by atoms with Crippen LogP contribution in [0.1, 0.15) is 21.7 Å². The van der Waals surface area contributed by atoms with Crippen molar-refractivity contribution in [2.24, 2.45) is 7.05 Å². The zero-order chi connectivity index (χ0) is 15.9. The fourth-order valence-electron chi connectivity index (χ4n) is 2.30. The molecule has 0 bridgehead atoms. The summed E-state index contributed by atoms with van der Waals surface area (Å²) in [5.41, 5.74) is 3.88. The first-order valence-corrected chi connectivity index (χ1v) is 7.15. The first kappa shape index (κ1) is 14.6. The van der Waals surface area contributed by atoms with Gasteiger partial charge in [0, 0.05) is 29.0 Å². The molecule has 3 rings (SSSR count). The highest BCUT2D eigenvalue weighted by Gasteiger charge is 2.15. The summed E-state index contributed by atoms with van der Waals surface area (Å²) in [5.74, 6) is -0.105. The molecule has 6 nitrogen and oxygen atoms in total. The summed E-state index contributed by atoms with van der Waals surface area (Å²) in [6, 6.07) is 7.03. The second kappa shape index (κ2) is 5.46. The molecule has 1 aromatic carbocycles. The molecule has 114 valence electrons. The summed E-state index contributed by atoms with van der Waals surface area (Å²) in [7, 11) is 1.93. The number of carbonyl (C=O) groups excluding carboxylic acids is 1. The lowest BCUT2D eigenvalue weighted by atomic mass is 10.2. The Labute approximate surface area is 132 Å². The van der Waals surface area contributed by atoms with Gasteiger partial charge in [-0.05, 0) is 43.3 Å². The molecule has 0 saturated carbocycles. The maximum atomic E-state index is 12.3. The second-order valence-electron chi connectivity index (χ2n) is 5.14. The van der Waals surface area contributed by atoms with Crippen LogP contribution in [0.3, 0.4) is 0 Å². The number of hydrogen-bond donors (Lipinski definition) is 0. The average molecular weight is 319 g/mol. The summed E-state index contributed by atoms with van der Waals surface area (Å²) < 4.78 is 1.97. The molecule has 0 aliphatic heterocycles. The quantitative estimate of drug-likeness (QED) is 0.693. The van der Waals surface area contributed by atoms with Gasteiger partial charge in [-0.25, -0.2) is 0 Å². The Morgan fingerprint density at radius 1 is 1.32 bits per heavy atom. The predicted octanol–water partition coefficient (Wildman–Crippen LogP) is 2.35. The van der Waals surface area contributed by atoms with Crippen LogP contribution in [0.2, 0.25) is 5.02 Å². The predicted molar refractivity (Wildman–Crippen MR) is 83.2 cm³/mol. The molecular formula is C15H15ClN4O2. The molecule has 0 saturated heterocycles. The van der Waals surface area contributed by atoms with Gasteiger partial charge < -0.3 is 9.40 Å². The number of rotatable bonds is 4. The number of carbonyl (C=O) groups is 1. The van der Waals surface area contributed by atoms with Gasteiger partial charge in [0.1, 0.15) is 11.0 Å². The van der Waals surface area contributed by atoms with E-state index in [1.165, 1.54) is 4.85 Å². The van der Waals surface area contributed by atoms with Crippen LogP contribution in [0.25, 0.3) is 11.0 Å². The number of hydrogen-bond acceptors (Lipinski definition) is 4. The van der Waals surface area contributed by atoms with Gasteiger partial charge in [0.2, 0.25) is 5.78 Å². The Morgan fingerprint density at radius 2 is 2.09 bits per heavy atom. The number of aromatic nitrogens is 4. The van der Waals surface area contributed by atoms with Crippen LogP contribution in [-0.2, 0) is 7.05 Å². The number of benzene rings is 1. The highest BCUT2D eigenvalue weighted by molar-refractivity contribution is 6.31. The molecule has 22 heavy (non-hydrogen) atoms. The maximum Gasteiger partial charge on any atom is 0.204 e. The van der Waals surface area contributed by atoms with Crippen molar-refractivity contribution in [2.45, 2.75) is 13.8 Å². The largest absolute Gasteiger partial charge is 0.387 e. The SMILES string of the molecule is Cc1cc(C(=O)COn2nnc3ccc(Cl)cc32)c(C)n1C. The van der Waals surface area contributed by atoms with Crippen molar-refractivity contribution in [1.29, 1.82) is 0 Å². The topological polar surface area (TPSA) is 61.9 Å². The third kappa shape index (κ3) is 2.46. The molecule has 2 aromatic heterocycles. The lowest BCUT2D eigenvalue weighted by Gasteiger charge is -2.05. The minimum absolute atomic E-state index is 0.105. The van der Waals surface area contributed by atoms with Crippen molar-refractivity contribution in [1.82, 2.24) is 19.7 Å². The van der Waals surface area contributed by atoms with E-state index >= 15 is 0 Å². The van der Waals surface area contributed by atoms with Gasteiger partial charge in [0.15, 0.2) is 6.61 Å². The zero-order valence-corrected chi connectivity index (χ0v) is 13.3. The second-order valence-corrected chi connectivity index (χ2v) is 5.57. The van der Waals surface area contributed by atoms with Crippen molar-refractivity contribution < 1.29 is 9.63 Å². The van der Waals surface area contributed by atoms with E-state index in [1.807, 2.05) is 31.5 Å². The standard InChI is InChI=1S/C15H15ClN4O2/c1-9-6-12(10(2)19(9)3)15(21)8-22-20-14-7-11(16)4-5-13(14)17-18-20/h4-7H,8H2,1-3H3. The monoisotopic (exact) mass is 318 g/mol. The molecule has 0 unspecified atom stereocenters. The van der Waals surface area contributed by atoms with E-state index in [4.69, 9.17) is 16.4 Å². The zero-order valence-electron chi connectivity index (χ0n) is 12.5. The van der Waals surface area contributed by atoms with E-state index in [-0.39, 0.29) is 12.4 Å². The van der Waals surface area contributed by atoms with Crippen LogP contribution in [0.4, 0.5) is 0 Å². The van der Waals surface area contributed by atoms with Crippen LogP contribution < -0.4 is 4.84 Å². The molecule has 7 heteroatoms. The van der Waals surface area contributed by atoms with Gasteiger partial charge in [0.25, 0.3) is 0 Å². The first-order chi connectivity index (χ1) is 10.5. The molecule has 0 N–H and O–H groups in total. The third-order valence-corrected chi connectivity index (χ3v) is 4.01. The van der Waals surface area contributed by atoms with E-state index in [2.05, 4.69) is 10.3 Å². The number of aryl methyl sites for hydroxylation is 1. The Balaban J connectivity index is 1.80. The van der Waals surface area contributed by atoms with Crippen LogP contribution in [0, 0.1) is 13.8 Å². The van der Waals surface area contributed by atoms with Gasteiger partial charge in [-0.2, -0.15) is 0 Å². The minimum Gasteiger partial charge on any atom is -0.387 e. The van der Waals surface area contributed by atoms with Crippen molar-refractivity contribution in [3.8, 4) is 0 Å². The summed E-state index contributed by atoms with van der Waals surface area (Å²) in [6.45, 7) is 3.75. The minimum atomic E-state index is -0.116. The third-order valence-electron chi connectivity index (χ3n) is 3.77. The average Bonchev–Trinajstić information content (AvgIpc) is 3.01. The van der Waals surface area contributed by atoms with E-state index in [9.17, 15) is 4.79 Å². The van der Waals surface area contributed by atoms with Crippen molar-refractivity contribution in [3.63, 3.8) is 0 Å². The fraction of sp³-hybridized carbons (Fsp3) is 0.267. The molecule has 0 spiro atoms. The number of nitrogens with zero attached hydrogens (tertiary/aromatic N) is 4. The number of halogens is 1. The van der Waals surface area contributed by atoms with Gasteiger partial charge in [-0.1, -0.05) is 16.4 Å². The van der Waals surface area contributed by atoms with E-state index in [0.29, 0.717) is 21.6 Å². The van der Waals surface area contributed by atoms with Gasteiger partial charge in [-0.15, -0.1) is 5.10 Å². The molecular weight excluding hydrogens is 304 g/mol. The summed E-state index contributed by atoms with van der Waals surface area (Å²) in [4.78, 5) is 19.0. The van der Waals surface area contributed by atoms with Crippen LogP contribution in [0.15, 0.2) is 24.3 Å². The van der Waals surface area contributed by atoms with Gasteiger partial charge in [-0.3, -0.25) is 4.79 Å². The Kier molecular flexibility index (Phi) is 3.62. The summed E-state index contributed by atoms with van der Waals surface area (Å²) in [6.07, 6.45) is 0. The number of fused-ring (bicyclic) bond motifs is 1. The van der Waals surface area contributed by atoms with Crippen molar-refractivity contribution in [3.05, 3.63) is 46.2 Å². The summed E-state index contributed by atoms with van der Waals surface area (Å²) >= 11 is 5.95. The fourth-order valence-corrected chi connectivity index (χ4v) is 2.47. The van der Waals surface area contributed by atoms with Crippen LogP contribution in [-0.4, -0.2) is 32.1 Å².